The van der Waals surface area contributed by atoms with Gasteiger partial charge in [-0.25, -0.2) is 18.4 Å². The van der Waals surface area contributed by atoms with E-state index in [1.165, 1.54) is 0 Å². The molecule has 0 saturated heterocycles. The Morgan fingerprint density at radius 1 is 0.511 bits per heavy atom. The second-order valence-corrected chi connectivity index (χ2v) is 13.0. The highest BCUT2D eigenvalue weighted by molar-refractivity contribution is 7.92. The molecule has 0 aliphatic heterocycles. The molecule has 0 amide bonds. The smallest absolute Gasteiger partial charge is 0.232 e. The number of anilines is 4. The second-order valence-electron chi connectivity index (χ2n) is 11.2. The number of pyridine rings is 2. The topological polar surface area (TPSA) is 128 Å². The molecule has 2 aromatic heterocycles. The fraction of sp³-hybridized carbons (Fsp3) is 0.135. The number of para-hydroxylation sites is 4. The van der Waals surface area contributed by atoms with E-state index in [0.29, 0.717) is 12.1 Å². The highest BCUT2D eigenvalue weighted by Gasteiger charge is 2.13. The standard InChI is InChI=1S/C37H33N5O2S.ClH.H2O/c43-45(44,25-11-1-10-24-38-36-28-12-2-6-16-32(28)40-33-17-7-3-13-29(33)36)42-27-22-20-26(21-23-27)39-37-30-14-4-8-18-34(30)41-35-19-9-5-15-31(35)37;;/h2-9,12-23,42H,1,10-11,24-25H2,(H,38,40)(H,39,41);1H;1H2. The van der Waals surface area contributed by atoms with Crippen LogP contribution in [0, 0.1) is 0 Å². The molecule has 5 N–H and O–H groups in total. The fourth-order valence-corrected chi connectivity index (χ4v) is 6.99. The Bertz CT molecular complexity index is 2160. The van der Waals surface area contributed by atoms with Gasteiger partial charge in [0.1, 0.15) is 0 Å². The maximum atomic E-state index is 12.9. The number of aromatic nitrogens is 2. The van der Waals surface area contributed by atoms with E-state index in [-0.39, 0.29) is 23.6 Å². The molecule has 240 valence electrons. The normalized spacial score (nSPS) is 11.2. The van der Waals surface area contributed by atoms with Crippen molar-refractivity contribution in [2.75, 3.05) is 27.7 Å². The molecule has 2 heterocycles. The van der Waals surface area contributed by atoms with Gasteiger partial charge in [-0.1, -0.05) is 79.2 Å². The van der Waals surface area contributed by atoms with Gasteiger partial charge in [0.05, 0.1) is 39.2 Å². The van der Waals surface area contributed by atoms with E-state index in [1.54, 1.807) is 12.1 Å². The zero-order valence-electron chi connectivity index (χ0n) is 25.6. The number of nitrogens with one attached hydrogen (secondary N) is 3. The molecule has 0 unspecified atom stereocenters. The summed E-state index contributed by atoms with van der Waals surface area (Å²) >= 11 is 0. The number of hydrogen-bond donors (Lipinski definition) is 3. The Morgan fingerprint density at radius 3 is 1.43 bits per heavy atom. The van der Waals surface area contributed by atoms with Crippen LogP contribution in [0.1, 0.15) is 19.3 Å². The van der Waals surface area contributed by atoms with Crippen LogP contribution in [0.4, 0.5) is 22.7 Å². The van der Waals surface area contributed by atoms with Crippen LogP contribution in [-0.2, 0) is 10.0 Å². The predicted molar refractivity (Wildman–Crippen MR) is 199 cm³/mol. The molecular formula is C37H36ClN5O3S. The summed E-state index contributed by atoms with van der Waals surface area (Å²) < 4.78 is 28.5. The first-order valence-electron chi connectivity index (χ1n) is 15.2. The van der Waals surface area contributed by atoms with Crippen LogP contribution in [0.5, 0.6) is 0 Å². The molecule has 8 nitrogen and oxygen atoms in total. The molecule has 10 heteroatoms. The SMILES string of the molecule is Cl.O.O=S(=O)(CCCCCNc1c2ccccc2nc2ccccc12)Nc1ccc(Nc2c3ccccc3nc3ccccc23)cc1. The van der Waals surface area contributed by atoms with Crippen LogP contribution >= 0.6 is 12.4 Å². The van der Waals surface area contributed by atoms with Crippen molar-refractivity contribution in [3.8, 4) is 0 Å². The number of halogens is 1. The number of hydrogen-bond acceptors (Lipinski definition) is 6. The van der Waals surface area contributed by atoms with Gasteiger partial charge in [-0.3, -0.25) is 4.72 Å². The lowest BCUT2D eigenvalue weighted by atomic mass is 10.1. The number of nitrogens with zero attached hydrogens (tertiary/aromatic N) is 2. The van der Waals surface area contributed by atoms with Crippen molar-refractivity contribution in [3.05, 3.63) is 121 Å². The predicted octanol–water partition coefficient (Wildman–Crippen LogP) is 8.45. The maximum absolute atomic E-state index is 12.9. The van der Waals surface area contributed by atoms with Crippen molar-refractivity contribution in [1.82, 2.24) is 9.97 Å². The Hall–Kier alpha value is -4.96. The minimum absolute atomic E-state index is 0. The van der Waals surface area contributed by atoms with E-state index in [9.17, 15) is 8.42 Å². The van der Waals surface area contributed by atoms with Crippen molar-refractivity contribution < 1.29 is 13.9 Å². The molecule has 5 aromatic carbocycles. The molecular weight excluding hydrogens is 630 g/mol. The van der Waals surface area contributed by atoms with Crippen LogP contribution < -0.4 is 15.4 Å². The lowest BCUT2D eigenvalue weighted by Crippen LogP contribution is -2.17. The van der Waals surface area contributed by atoms with E-state index in [1.807, 2.05) is 84.9 Å². The third-order valence-electron chi connectivity index (χ3n) is 7.99. The summed E-state index contributed by atoms with van der Waals surface area (Å²) in [5, 5.41) is 11.4. The lowest BCUT2D eigenvalue weighted by Gasteiger charge is -2.14. The van der Waals surface area contributed by atoms with Gasteiger partial charge >= 0.3 is 0 Å². The molecule has 47 heavy (non-hydrogen) atoms. The number of rotatable bonds is 11. The quantitative estimate of drug-likeness (QED) is 0.0940. The summed E-state index contributed by atoms with van der Waals surface area (Å²) in [5.41, 5.74) is 7.21. The Labute approximate surface area is 280 Å². The van der Waals surface area contributed by atoms with Crippen molar-refractivity contribution in [3.63, 3.8) is 0 Å². The van der Waals surface area contributed by atoms with Gasteiger partial charge in [0, 0.05) is 39.5 Å². The van der Waals surface area contributed by atoms with Crippen molar-refractivity contribution >= 4 is 88.8 Å². The molecule has 7 aromatic rings. The summed E-state index contributed by atoms with van der Waals surface area (Å²) in [4.78, 5) is 9.57. The first-order chi connectivity index (χ1) is 22.0. The molecule has 0 radical (unpaired) electrons. The molecule has 0 aliphatic rings. The fourth-order valence-electron chi connectivity index (χ4n) is 5.81. The zero-order chi connectivity index (χ0) is 30.6. The summed E-state index contributed by atoms with van der Waals surface area (Å²) in [6, 6.07) is 39.7. The average molecular weight is 666 g/mol. The third kappa shape index (κ3) is 7.38. The minimum Gasteiger partial charge on any atom is -0.412 e. The van der Waals surface area contributed by atoms with Crippen LogP contribution in [0.15, 0.2) is 121 Å². The molecule has 0 saturated carbocycles. The van der Waals surface area contributed by atoms with Crippen LogP contribution in [0.3, 0.4) is 0 Å². The Balaban J connectivity index is 0.00000217. The van der Waals surface area contributed by atoms with E-state index >= 15 is 0 Å². The molecule has 0 fully saturated rings. The van der Waals surface area contributed by atoms with E-state index in [4.69, 9.17) is 9.97 Å². The summed E-state index contributed by atoms with van der Waals surface area (Å²) in [5.74, 6) is 0.0725. The Morgan fingerprint density at radius 2 is 0.936 bits per heavy atom. The van der Waals surface area contributed by atoms with E-state index in [2.05, 4.69) is 39.6 Å². The summed E-state index contributed by atoms with van der Waals surface area (Å²) in [6.45, 7) is 0.752. The van der Waals surface area contributed by atoms with Crippen LogP contribution in [0.2, 0.25) is 0 Å². The van der Waals surface area contributed by atoms with Crippen molar-refractivity contribution in [2.24, 2.45) is 0 Å². The largest absolute Gasteiger partial charge is 0.412 e. The van der Waals surface area contributed by atoms with Gasteiger partial charge in [-0.2, -0.15) is 0 Å². The van der Waals surface area contributed by atoms with Gasteiger partial charge in [0.25, 0.3) is 0 Å². The van der Waals surface area contributed by atoms with Gasteiger partial charge < -0.3 is 16.1 Å². The number of benzene rings is 5. The third-order valence-corrected chi connectivity index (χ3v) is 9.37. The summed E-state index contributed by atoms with van der Waals surface area (Å²) in [7, 11) is -3.47. The number of fused-ring (bicyclic) bond motifs is 4. The highest BCUT2D eigenvalue weighted by atomic mass is 35.5. The summed E-state index contributed by atoms with van der Waals surface area (Å²) in [6.07, 6.45) is 2.24. The highest BCUT2D eigenvalue weighted by Crippen LogP contribution is 2.34. The Kier molecular flexibility index (Phi) is 10.4. The van der Waals surface area contributed by atoms with E-state index in [0.717, 1.165) is 80.1 Å². The second kappa shape index (κ2) is 14.6. The van der Waals surface area contributed by atoms with Gasteiger partial charge in [-0.15, -0.1) is 12.4 Å². The van der Waals surface area contributed by atoms with Gasteiger partial charge in [-0.05, 0) is 61.4 Å². The molecule has 0 atom stereocenters. The number of sulfonamides is 1. The van der Waals surface area contributed by atoms with Crippen LogP contribution in [-0.4, -0.2) is 36.2 Å². The van der Waals surface area contributed by atoms with E-state index < -0.39 is 10.0 Å². The van der Waals surface area contributed by atoms with Crippen LogP contribution in [0.25, 0.3) is 43.6 Å². The molecule has 0 spiro atoms. The first kappa shape index (κ1) is 33.4. The average Bonchev–Trinajstić information content (AvgIpc) is 3.06. The maximum Gasteiger partial charge on any atom is 0.232 e. The monoisotopic (exact) mass is 665 g/mol. The number of unbranched alkanes of at least 4 members (excludes halogenated alkanes) is 2. The first-order valence-corrected chi connectivity index (χ1v) is 16.9. The zero-order valence-corrected chi connectivity index (χ0v) is 27.2. The van der Waals surface area contributed by atoms with Crippen molar-refractivity contribution in [1.29, 1.82) is 0 Å². The van der Waals surface area contributed by atoms with Gasteiger partial charge in [0.2, 0.25) is 10.0 Å². The van der Waals surface area contributed by atoms with Gasteiger partial charge in [0.15, 0.2) is 0 Å². The molecule has 7 rings (SSSR count). The molecule has 0 aliphatic carbocycles. The minimum atomic E-state index is -3.47. The van der Waals surface area contributed by atoms with Crippen molar-refractivity contribution in [2.45, 2.75) is 19.3 Å². The molecule has 0 bridgehead atoms. The lowest BCUT2D eigenvalue weighted by molar-refractivity contribution is 0.595.